The number of nitrogens with zero attached hydrogens (tertiary/aromatic N) is 1. The van der Waals surface area contributed by atoms with Gasteiger partial charge in [0.05, 0.1) is 32.3 Å². The number of benzene rings is 1. The molecule has 0 aliphatic rings. The maximum absolute atomic E-state index is 12.2. The number of rotatable bonds is 6. The predicted molar refractivity (Wildman–Crippen MR) is 80.2 cm³/mol. The highest BCUT2D eigenvalue weighted by molar-refractivity contribution is 5.97. The number of ether oxygens (including phenoxy) is 2. The summed E-state index contributed by atoms with van der Waals surface area (Å²) in [7, 11) is 2.45. The van der Waals surface area contributed by atoms with Crippen molar-refractivity contribution in [3.05, 3.63) is 35.4 Å². The molecule has 122 valence electrons. The van der Waals surface area contributed by atoms with Crippen LogP contribution in [-0.2, 0) is 19.1 Å². The molecule has 1 amide bonds. The lowest BCUT2D eigenvalue weighted by Gasteiger charge is -2.22. The van der Waals surface area contributed by atoms with Crippen molar-refractivity contribution < 1.29 is 23.9 Å². The molecular weight excluding hydrogens is 300 g/mol. The minimum absolute atomic E-state index is 0.0378. The van der Waals surface area contributed by atoms with Crippen molar-refractivity contribution in [1.29, 1.82) is 5.26 Å². The average molecular weight is 318 g/mol. The van der Waals surface area contributed by atoms with Crippen LogP contribution in [0.2, 0.25) is 0 Å². The van der Waals surface area contributed by atoms with Crippen molar-refractivity contribution >= 4 is 17.8 Å². The fraction of sp³-hybridized carbons (Fsp3) is 0.375. The number of carbonyl (C=O) groups excluding carboxylic acids is 3. The molecule has 0 fully saturated rings. The molecule has 0 saturated heterocycles. The number of esters is 2. The third-order valence-electron chi connectivity index (χ3n) is 3.30. The molecule has 0 aliphatic carbocycles. The number of hydrogen-bond donors (Lipinski definition) is 1. The Balaban J connectivity index is 2.87. The molecule has 7 nitrogen and oxygen atoms in total. The van der Waals surface area contributed by atoms with Crippen LogP contribution in [-0.4, -0.2) is 38.1 Å². The Labute approximate surface area is 134 Å². The summed E-state index contributed by atoms with van der Waals surface area (Å²) < 4.78 is 9.24. The zero-order valence-corrected chi connectivity index (χ0v) is 13.2. The molecule has 23 heavy (non-hydrogen) atoms. The first-order chi connectivity index (χ1) is 10.9. The van der Waals surface area contributed by atoms with Crippen LogP contribution >= 0.6 is 0 Å². The first kappa shape index (κ1) is 18.2. The standard InChI is InChI=1S/C16H18N2O5/c1-10(8-13(19)22-2)14(16(21)23-3)18-15(20)12-6-4-11(9-17)5-7-12/h4-7,10,14H,8H2,1-3H3,(H,18,20)/t10-,14+/m1/s1. The summed E-state index contributed by atoms with van der Waals surface area (Å²) in [6.07, 6.45) is -0.0378. The van der Waals surface area contributed by atoms with Gasteiger partial charge in [0, 0.05) is 5.56 Å². The number of hydrogen-bond acceptors (Lipinski definition) is 6. The van der Waals surface area contributed by atoms with Crippen LogP contribution < -0.4 is 5.32 Å². The van der Waals surface area contributed by atoms with E-state index < -0.39 is 29.8 Å². The van der Waals surface area contributed by atoms with Gasteiger partial charge in [-0.2, -0.15) is 5.26 Å². The zero-order valence-electron chi connectivity index (χ0n) is 13.2. The predicted octanol–water partition coefficient (Wildman–Crippen LogP) is 1.03. The Morgan fingerprint density at radius 2 is 1.78 bits per heavy atom. The molecular formula is C16H18N2O5. The fourth-order valence-corrected chi connectivity index (χ4v) is 1.95. The van der Waals surface area contributed by atoms with Gasteiger partial charge in [0.25, 0.3) is 5.91 Å². The Hall–Kier alpha value is -2.88. The summed E-state index contributed by atoms with van der Waals surface area (Å²) >= 11 is 0. The van der Waals surface area contributed by atoms with Crippen molar-refractivity contribution in [2.75, 3.05) is 14.2 Å². The second kappa shape index (κ2) is 8.54. The highest BCUT2D eigenvalue weighted by Crippen LogP contribution is 2.12. The first-order valence-electron chi connectivity index (χ1n) is 6.88. The lowest BCUT2D eigenvalue weighted by molar-refractivity contribution is -0.146. The van der Waals surface area contributed by atoms with Crippen LogP contribution in [0.5, 0.6) is 0 Å². The van der Waals surface area contributed by atoms with E-state index in [0.29, 0.717) is 11.1 Å². The second-order valence-corrected chi connectivity index (χ2v) is 4.92. The average Bonchev–Trinajstić information content (AvgIpc) is 2.58. The van der Waals surface area contributed by atoms with E-state index in [9.17, 15) is 14.4 Å². The van der Waals surface area contributed by atoms with E-state index in [1.165, 1.54) is 38.5 Å². The molecule has 2 atom stereocenters. The quantitative estimate of drug-likeness (QED) is 0.785. The van der Waals surface area contributed by atoms with Gasteiger partial charge < -0.3 is 14.8 Å². The molecule has 0 aliphatic heterocycles. The van der Waals surface area contributed by atoms with Gasteiger partial charge in [0.2, 0.25) is 0 Å². The molecule has 0 saturated carbocycles. The SMILES string of the molecule is COC(=O)C[C@@H](C)[C@H](NC(=O)c1ccc(C#N)cc1)C(=O)OC. The Morgan fingerprint density at radius 3 is 2.26 bits per heavy atom. The number of nitriles is 1. The lowest BCUT2D eigenvalue weighted by atomic mass is 9.97. The van der Waals surface area contributed by atoms with Gasteiger partial charge in [0.1, 0.15) is 6.04 Å². The van der Waals surface area contributed by atoms with Crippen molar-refractivity contribution in [2.24, 2.45) is 5.92 Å². The van der Waals surface area contributed by atoms with Gasteiger partial charge in [-0.05, 0) is 30.2 Å². The topological polar surface area (TPSA) is 105 Å². The first-order valence-corrected chi connectivity index (χ1v) is 6.88. The smallest absolute Gasteiger partial charge is 0.328 e. The summed E-state index contributed by atoms with van der Waals surface area (Å²) in [5, 5.41) is 11.3. The van der Waals surface area contributed by atoms with Gasteiger partial charge >= 0.3 is 11.9 Å². The third-order valence-corrected chi connectivity index (χ3v) is 3.30. The van der Waals surface area contributed by atoms with E-state index in [4.69, 9.17) is 5.26 Å². The van der Waals surface area contributed by atoms with E-state index in [0.717, 1.165) is 0 Å². The van der Waals surface area contributed by atoms with Gasteiger partial charge in [0.15, 0.2) is 0 Å². The number of carbonyl (C=O) groups is 3. The van der Waals surface area contributed by atoms with Crippen LogP contribution in [0.1, 0.15) is 29.3 Å². The van der Waals surface area contributed by atoms with Crippen molar-refractivity contribution in [2.45, 2.75) is 19.4 Å². The molecule has 1 N–H and O–H groups in total. The molecule has 1 aromatic rings. The minimum atomic E-state index is -0.984. The van der Waals surface area contributed by atoms with Crippen molar-refractivity contribution in [3.63, 3.8) is 0 Å². The Kier molecular flexibility index (Phi) is 6.74. The zero-order chi connectivity index (χ0) is 17.4. The van der Waals surface area contributed by atoms with E-state index in [2.05, 4.69) is 14.8 Å². The monoisotopic (exact) mass is 318 g/mol. The van der Waals surface area contributed by atoms with Crippen LogP contribution in [0.15, 0.2) is 24.3 Å². The van der Waals surface area contributed by atoms with E-state index >= 15 is 0 Å². The summed E-state index contributed by atoms with van der Waals surface area (Å²) in [4.78, 5) is 35.4. The molecule has 7 heteroatoms. The molecule has 0 heterocycles. The van der Waals surface area contributed by atoms with Crippen molar-refractivity contribution in [1.82, 2.24) is 5.32 Å². The Morgan fingerprint density at radius 1 is 1.17 bits per heavy atom. The van der Waals surface area contributed by atoms with Gasteiger partial charge in [-0.15, -0.1) is 0 Å². The maximum atomic E-state index is 12.2. The summed E-state index contributed by atoms with van der Waals surface area (Å²) in [6.45, 7) is 1.64. The van der Waals surface area contributed by atoms with Crippen LogP contribution in [0.3, 0.4) is 0 Å². The summed E-state index contributed by atoms with van der Waals surface area (Å²) in [5.74, 6) is -2.14. The maximum Gasteiger partial charge on any atom is 0.328 e. The third kappa shape index (κ3) is 5.11. The highest BCUT2D eigenvalue weighted by atomic mass is 16.5. The molecule has 0 spiro atoms. The van der Waals surface area contributed by atoms with E-state index in [-0.39, 0.29) is 6.42 Å². The van der Waals surface area contributed by atoms with E-state index in [1.807, 2.05) is 6.07 Å². The Bertz CT molecular complexity index is 618. The highest BCUT2D eigenvalue weighted by Gasteiger charge is 2.29. The van der Waals surface area contributed by atoms with Crippen LogP contribution in [0.4, 0.5) is 0 Å². The molecule has 1 rings (SSSR count). The normalized spacial score (nSPS) is 12.4. The second-order valence-electron chi connectivity index (χ2n) is 4.92. The number of amides is 1. The van der Waals surface area contributed by atoms with Crippen molar-refractivity contribution in [3.8, 4) is 6.07 Å². The van der Waals surface area contributed by atoms with Crippen LogP contribution in [0, 0.1) is 17.2 Å². The summed E-state index contributed by atoms with van der Waals surface area (Å²) in [5.41, 5.74) is 0.716. The minimum Gasteiger partial charge on any atom is -0.469 e. The molecule has 1 aromatic carbocycles. The molecule has 0 aromatic heterocycles. The van der Waals surface area contributed by atoms with E-state index in [1.54, 1.807) is 6.92 Å². The van der Waals surface area contributed by atoms with Gasteiger partial charge in [-0.1, -0.05) is 6.92 Å². The van der Waals surface area contributed by atoms with Gasteiger partial charge in [-0.3, -0.25) is 9.59 Å². The molecule has 0 unspecified atom stereocenters. The largest absolute Gasteiger partial charge is 0.469 e. The number of nitrogens with one attached hydrogen (secondary N) is 1. The van der Waals surface area contributed by atoms with Gasteiger partial charge in [-0.25, -0.2) is 4.79 Å². The lowest BCUT2D eigenvalue weighted by Crippen LogP contribution is -2.46. The number of methoxy groups -OCH3 is 2. The molecule has 0 bridgehead atoms. The van der Waals surface area contributed by atoms with Crippen LogP contribution in [0.25, 0.3) is 0 Å². The fourth-order valence-electron chi connectivity index (χ4n) is 1.95. The molecule has 0 radical (unpaired) electrons. The summed E-state index contributed by atoms with van der Waals surface area (Å²) in [6, 6.07) is 6.92.